The first-order chi connectivity index (χ1) is 7.80. The largest absolute Gasteiger partial charge is 0.326 e. The van der Waals surface area contributed by atoms with E-state index in [-0.39, 0.29) is 11.5 Å². The Morgan fingerprint density at radius 1 is 1.29 bits per heavy atom. The normalized spacial score (nSPS) is 12.0. The maximum Gasteiger partial charge on any atom is 0.326 e. The van der Waals surface area contributed by atoms with E-state index in [0.717, 1.165) is 5.52 Å². The van der Waals surface area contributed by atoms with Gasteiger partial charge < -0.3 is 4.98 Å². The maximum absolute atomic E-state index is 12.1. The number of aromatic nitrogens is 2. The van der Waals surface area contributed by atoms with Crippen molar-refractivity contribution in [2.45, 2.75) is 20.8 Å². The molecule has 1 N–H and O–H groups in total. The van der Waals surface area contributed by atoms with E-state index in [2.05, 4.69) is 4.98 Å². The summed E-state index contributed by atoms with van der Waals surface area (Å²) in [6.45, 7) is 5.65. The molecule has 2 aromatic rings. The van der Waals surface area contributed by atoms with E-state index in [1.165, 1.54) is 4.57 Å². The van der Waals surface area contributed by atoms with E-state index >= 15 is 0 Å². The zero-order chi connectivity index (χ0) is 12.8. The number of hydrogen-bond acceptors (Lipinski definition) is 2. The predicted molar refractivity (Wildman–Crippen MR) is 67.3 cm³/mol. The number of aromatic amines is 1. The molecule has 90 valence electrons. The Labute approximate surface area is 99.3 Å². The molecule has 0 saturated carbocycles. The molecule has 1 aromatic heterocycles. The van der Waals surface area contributed by atoms with Crippen LogP contribution in [0.1, 0.15) is 31.1 Å². The van der Waals surface area contributed by atoms with Gasteiger partial charge in [-0.2, -0.15) is 0 Å². The van der Waals surface area contributed by atoms with Gasteiger partial charge in [0.15, 0.2) is 5.78 Å². The fourth-order valence-corrected chi connectivity index (χ4v) is 1.81. The molecular formula is C13H16N2O2. The standard InChI is InChI=1S/C13H16N2O2/c1-13(2,3)11(16)8-5-6-10-9(7-8)14-12(17)15(10)4/h5-7H,1-4H3,(H,14,17). The van der Waals surface area contributed by atoms with Crippen LogP contribution in [-0.2, 0) is 7.05 Å². The fraction of sp³-hybridized carbons (Fsp3) is 0.385. The first-order valence-corrected chi connectivity index (χ1v) is 5.54. The summed E-state index contributed by atoms with van der Waals surface area (Å²) in [7, 11) is 1.70. The second kappa shape index (κ2) is 3.58. The van der Waals surface area contributed by atoms with Crippen LogP contribution < -0.4 is 5.69 Å². The molecule has 0 spiro atoms. The van der Waals surface area contributed by atoms with E-state index in [4.69, 9.17) is 0 Å². The minimum atomic E-state index is -0.414. The zero-order valence-electron chi connectivity index (χ0n) is 10.5. The van der Waals surface area contributed by atoms with Gasteiger partial charge in [-0.15, -0.1) is 0 Å². The van der Waals surface area contributed by atoms with Crippen LogP contribution in [0.4, 0.5) is 0 Å². The number of Topliss-reactive ketones (excluding diaryl/α,β-unsaturated/α-hetero) is 1. The first kappa shape index (κ1) is 11.6. The number of imidazole rings is 1. The second-order valence-electron chi connectivity index (χ2n) is 5.30. The van der Waals surface area contributed by atoms with E-state index in [1.807, 2.05) is 20.8 Å². The SMILES string of the molecule is Cn1c(=O)[nH]c2cc(C(=O)C(C)(C)C)ccc21. The number of hydrogen-bond donors (Lipinski definition) is 1. The number of fused-ring (bicyclic) bond motifs is 1. The van der Waals surface area contributed by atoms with Crippen LogP contribution in [0.25, 0.3) is 11.0 Å². The molecular weight excluding hydrogens is 216 g/mol. The average Bonchev–Trinajstić information content (AvgIpc) is 2.52. The third-order valence-corrected chi connectivity index (χ3v) is 2.85. The number of benzene rings is 1. The number of nitrogens with zero attached hydrogens (tertiary/aromatic N) is 1. The molecule has 0 aliphatic heterocycles. The number of H-pyrrole nitrogens is 1. The highest BCUT2D eigenvalue weighted by molar-refractivity contribution is 6.02. The van der Waals surface area contributed by atoms with Crippen LogP contribution in [0.5, 0.6) is 0 Å². The minimum absolute atomic E-state index is 0.0732. The molecule has 0 unspecified atom stereocenters. The van der Waals surface area contributed by atoms with Crippen molar-refractivity contribution in [2.24, 2.45) is 12.5 Å². The summed E-state index contributed by atoms with van der Waals surface area (Å²) >= 11 is 0. The van der Waals surface area contributed by atoms with Gasteiger partial charge >= 0.3 is 5.69 Å². The highest BCUT2D eigenvalue weighted by atomic mass is 16.1. The van der Waals surface area contributed by atoms with Crippen LogP contribution in [0.3, 0.4) is 0 Å². The summed E-state index contributed by atoms with van der Waals surface area (Å²) < 4.78 is 1.53. The molecule has 1 aromatic carbocycles. The summed E-state index contributed by atoms with van der Waals surface area (Å²) in [5.41, 5.74) is 1.56. The Hall–Kier alpha value is -1.84. The average molecular weight is 232 g/mol. The van der Waals surface area contributed by atoms with Crippen LogP contribution in [0, 0.1) is 5.41 Å². The molecule has 0 radical (unpaired) electrons. The third-order valence-electron chi connectivity index (χ3n) is 2.85. The zero-order valence-corrected chi connectivity index (χ0v) is 10.5. The van der Waals surface area contributed by atoms with Gasteiger partial charge in [-0.25, -0.2) is 4.79 Å². The van der Waals surface area contributed by atoms with Crippen molar-refractivity contribution in [3.05, 3.63) is 34.2 Å². The van der Waals surface area contributed by atoms with Gasteiger partial charge in [0.25, 0.3) is 0 Å². The van der Waals surface area contributed by atoms with Gasteiger partial charge in [0.05, 0.1) is 11.0 Å². The molecule has 4 heteroatoms. The summed E-state index contributed by atoms with van der Waals surface area (Å²) in [6.07, 6.45) is 0. The highest BCUT2D eigenvalue weighted by Crippen LogP contribution is 2.22. The predicted octanol–water partition coefficient (Wildman–Crippen LogP) is 2.10. The topological polar surface area (TPSA) is 54.9 Å². The number of nitrogens with one attached hydrogen (secondary N) is 1. The van der Waals surface area contributed by atoms with Crippen molar-refractivity contribution in [1.29, 1.82) is 0 Å². The second-order valence-corrected chi connectivity index (χ2v) is 5.30. The van der Waals surface area contributed by atoms with Crippen LogP contribution in [0.2, 0.25) is 0 Å². The molecule has 0 saturated heterocycles. The number of carbonyl (C=O) groups is 1. The van der Waals surface area contributed by atoms with Crippen LogP contribution in [-0.4, -0.2) is 15.3 Å². The van der Waals surface area contributed by atoms with Gasteiger partial charge in [-0.05, 0) is 18.2 Å². The van der Waals surface area contributed by atoms with Crippen molar-refractivity contribution < 1.29 is 4.79 Å². The quantitative estimate of drug-likeness (QED) is 0.765. The summed E-state index contributed by atoms with van der Waals surface area (Å²) in [6, 6.07) is 5.31. The van der Waals surface area contributed by atoms with Crippen LogP contribution in [0.15, 0.2) is 23.0 Å². The Morgan fingerprint density at radius 2 is 1.94 bits per heavy atom. The number of rotatable bonds is 1. The third kappa shape index (κ3) is 1.90. The lowest BCUT2D eigenvalue weighted by atomic mass is 9.86. The van der Waals surface area contributed by atoms with Gasteiger partial charge in [-0.1, -0.05) is 20.8 Å². The Morgan fingerprint density at radius 3 is 2.53 bits per heavy atom. The van der Waals surface area contributed by atoms with Crippen molar-refractivity contribution in [3.8, 4) is 0 Å². The molecule has 0 aliphatic carbocycles. The fourth-order valence-electron chi connectivity index (χ4n) is 1.81. The molecule has 0 atom stereocenters. The lowest BCUT2D eigenvalue weighted by molar-refractivity contribution is 0.0858. The van der Waals surface area contributed by atoms with Crippen LogP contribution >= 0.6 is 0 Å². The molecule has 1 heterocycles. The summed E-state index contributed by atoms with van der Waals surface area (Å²) in [5.74, 6) is 0.0732. The van der Waals surface area contributed by atoms with Gasteiger partial charge in [-0.3, -0.25) is 9.36 Å². The van der Waals surface area contributed by atoms with Gasteiger partial charge in [0, 0.05) is 18.0 Å². The van der Waals surface area contributed by atoms with Crippen molar-refractivity contribution >= 4 is 16.8 Å². The molecule has 2 rings (SSSR count). The molecule has 0 aliphatic rings. The Bertz CT molecular complexity index is 641. The monoisotopic (exact) mass is 232 g/mol. The summed E-state index contributed by atoms with van der Waals surface area (Å²) in [5, 5.41) is 0. The van der Waals surface area contributed by atoms with E-state index in [1.54, 1.807) is 25.2 Å². The molecule has 17 heavy (non-hydrogen) atoms. The highest BCUT2D eigenvalue weighted by Gasteiger charge is 2.23. The van der Waals surface area contributed by atoms with E-state index in [9.17, 15) is 9.59 Å². The van der Waals surface area contributed by atoms with Gasteiger partial charge in [0.2, 0.25) is 0 Å². The number of carbonyl (C=O) groups excluding carboxylic acids is 1. The number of ketones is 1. The van der Waals surface area contributed by atoms with Crippen molar-refractivity contribution in [3.63, 3.8) is 0 Å². The maximum atomic E-state index is 12.1. The number of aryl methyl sites for hydroxylation is 1. The van der Waals surface area contributed by atoms with E-state index < -0.39 is 5.41 Å². The van der Waals surface area contributed by atoms with Crippen molar-refractivity contribution in [1.82, 2.24) is 9.55 Å². The van der Waals surface area contributed by atoms with E-state index in [0.29, 0.717) is 11.1 Å². The minimum Gasteiger partial charge on any atom is -0.306 e. The molecule has 0 bridgehead atoms. The van der Waals surface area contributed by atoms with Crippen molar-refractivity contribution in [2.75, 3.05) is 0 Å². The lowest BCUT2D eigenvalue weighted by Crippen LogP contribution is -2.20. The molecule has 4 nitrogen and oxygen atoms in total. The smallest absolute Gasteiger partial charge is 0.306 e. The van der Waals surface area contributed by atoms with Gasteiger partial charge in [0.1, 0.15) is 0 Å². The Kier molecular flexibility index (Phi) is 2.45. The molecule has 0 fully saturated rings. The summed E-state index contributed by atoms with van der Waals surface area (Å²) in [4.78, 5) is 26.3. The lowest BCUT2D eigenvalue weighted by Gasteiger charge is -2.16. The molecule has 0 amide bonds. The first-order valence-electron chi connectivity index (χ1n) is 5.54. The Balaban J connectivity index is 2.60.